The van der Waals surface area contributed by atoms with Crippen LogP contribution in [0.1, 0.15) is 35.2 Å². The monoisotopic (exact) mass is 341 g/mol. The lowest BCUT2D eigenvalue weighted by Crippen LogP contribution is -2.32. The van der Waals surface area contributed by atoms with E-state index in [1.807, 2.05) is 24.3 Å². The van der Waals surface area contributed by atoms with Gasteiger partial charge in [-0.3, -0.25) is 4.79 Å². The quantitative estimate of drug-likeness (QED) is 0.886. The summed E-state index contributed by atoms with van der Waals surface area (Å²) in [6.45, 7) is 1.95. The lowest BCUT2D eigenvalue weighted by Gasteiger charge is -2.29. The number of pyridine rings is 1. The van der Waals surface area contributed by atoms with Crippen molar-refractivity contribution in [1.29, 1.82) is 0 Å². The largest absolute Gasteiger partial charge is 0.356 e. The average Bonchev–Trinajstić information content (AvgIpc) is 2.64. The van der Waals surface area contributed by atoms with Gasteiger partial charge in [-0.25, -0.2) is 4.98 Å². The number of anilines is 2. The number of piperidine rings is 1. The zero-order valence-corrected chi connectivity index (χ0v) is 14.8. The number of nitrogens with zero attached hydrogens (tertiary/aromatic N) is 2. The lowest BCUT2D eigenvalue weighted by atomic mass is 10.1. The summed E-state index contributed by atoms with van der Waals surface area (Å²) < 4.78 is 0. The highest BCUT2D eigenvalue weighted by molar-refractivity contribution is 7.97. The lowest BCUT2D eigenvalue weighted by molar-refractivity contribution is 0.102. The van der Waals surface area contributed by atoms with Gasteiger partial charge in [0.1, 0.15) is 5.82 Å². The van der Waals surface area contributed by atoms with E-state index in [2.05, 4.69) is 33.6 Å². The molecule has 0 unspecified atom stereocenters. The first kappa shape index (κ1) is 16.8. The highest BCUT2D eigenvalue weighted by Gasteiger charge is 2.19. The van der Waals surface area contributed by atoms with Crippen LogP contribution in [0, 0.1) is 0 Å². The van der Waals surface area contributed by atoms with Crippen molar-refractivity contribution < 1.29 is 4.79 Å². The molecule has 1 amide bonds. The Morgan fingerprint density at radius 2 is 1.92 bits per heavy atom. The molecule has 1 saturated heterocycles. The van der Waals surface area contributed by atoms with Gasteiger partial charge >= 0.3 is 0 Å². The maximum atomic E-state index is 12.7. The molecule has 0 radical (unpaired) electrons. The Morgan fingerprint density at radius 1 is 1.17 bits per heavy atom. The summed E-state index contributed by atoms with van der Waals surface area (Å²) in [5.41, 5.74) is 2.72. The highest BCUT2D eigenvalue weighted by atomic mass is 32.2. The second-order valence-corrected chi connectivity index (χ2v) is 6.87. The molecule has 5 heteroatoms. The molecular weight excluding hydrogens is 318 g/mol. The zero-order chi connectivity index (χ0) is 16.8. The van der Waals surface area contributed by atoms with E-state index < -0.39 is 0 Å². The molecule has 1 aromatic heterocycles. The van der Waals surface area contributed by atoms with Gasteiger partial charge in [0.25, 0.3) is 5.91 Å². The Morgan fingerprint density at radius 3 is 2.62 bits per heavy atom. The summed E-state index contributed by atoms with van der Waals surface area (Å²) in [7, 11) is 0. The van der Waals surface area contributed by atoms with E-state index in [9.17, 15) is 4.79 Å². The smallest absolute Gasteiger partial charge is 0.259 e. The van der Waals surface area contributed by atoms with Crippen LogP contribution in [0.5, 0.6) is 0 Å². The number of thioether (sulfide) groups is 1. The zero-order valence-electron chi connectivity index (χ0n) is 14.0. The number of benzene rings is 1. The van der Waals surface area contributed by atoms with Gasteiger partial charge in [0.15, 0.2) is 0 Å². The molecule has 1 aromatic carbocycles. The topological polar surface area (TPSA) is 45.2 Å². The van der Waals surface area contributed by atoms with Gasteiger partial charge in [-0.2, -0.15) is 11.8 Å². The van der Waals surface area contributed by atoms with E-state index in [4.69, 9.17) is 0 Å². The Kier molecular flexibility index (Phi) is 5.75. The standard InChI is InChI=1S/C19H23N3OS/c1-24-14-15-7-9-16(10-8-15)21-19(23)17-6-5-11-20-18(17)22-12-3-2-4-13-22/h5-11H,2-4,12-14H2,1H3,(H,21,23). The summed E-state index contributed by atoms with van der Waals surface area (Å²) in [4.78, 5) is 19.4. The van der Waals surface area contributed by atoms with E-state index >= 15 is 0 Å². The minimum atomic E-state index is -0.0960. The van der Waals surface area contributed by atoms with Crippen molar-refractivity contribution in [2.45, 2.75) is 25.0 Å². The molecule has 4 nitrogen and oxygen atoms in total. The first-order chi connectivity index (χ1) is 11.8. The van der Waals surface area contributed by atoms with Gasteiger partial charge in [0.2, 0.25) is 0 Å². The molecular formula is C19H23N3OS. The van der Waals surface area contributed by atoms with E-state index in [1.165, 1.54) is 12.0 Å². The molecule has 1 fully saturated rings. The van der Waals surface area contributed by atoms with Gasteiger partial charge < -0.3 is 10.2 Å². The number of carbonyl (C=O) groups is 1. The third kappa shape index (κ3) is 4.09. The van der Waals surface area contributed by atoms with Crippen molar-refractivity contribution in [2.75, 3.05) is 29.6 Å². The number of carbonyl (C=O) groups excluding carboxylic acids is 1. The van der Waals surface area contributed by atoms with Crippen molar-refractivity contribution in [3.05, 3.63) is 53.7 Å². The summed E-state index contributed by atoms with van der Waals surface area (Å²) in [6, 6.07) is 11.7. The number of nitrogens with one attached hydrogen (secondary N) is 1. The van der Waals surface area contributed by atoms with E-state index in [1.54, 1.807) is 18.0 Å². The summed E-state index contributed by atoms with van der Waals surface area (Å²) in [5, 5.41) is 2.99. The molecule has 2 aromatic rings. The third-order valence-corrected chi connectivity index (χ3v) is 4.83. The third-order valence-electron chi connectivity index (χ3n) is 4.21. The highest BCUT2D eigenvalue weighted by Crippen LogP contribution is 2.23. The van der Waals surface area contributed by atoms with Crippen LogP contribution in [0.25, 0.3) is 0 Å². The Labute approximate surface area is 147 Å². The molecule has 0 saturated carbocycles. The maximum absolute atomic E-state index is 12.7. The molecule has 24 heavy (non-hydrogen) atoms. The molecule has 1 aliphatic rings. The van der Waals surface area contributed by atoms with E-state index in [0.717, 1.165) is 43.2 Å². The van der Waals surface area contributed by atoms with Gasteiger partial charge in [-0.05, 0) is 55.3 Å². The molecule has 2 heterocycles. The Balaban J connectivity index is 1.75. The number of aromatic nitrogens is 1. The number of hydrogen-bond acceptors (Lipinski definition) is 4. The molecule has 1 aliphatic heterocycles. The van der Waals surface area contributed by atoms with Crippen LogP contribution in [0.2, 0.25) is 0 Å². The fourth-order valence-corrected chi connectivity index (χ4v) is 3.51. The first-order valence-electron chi connectivity index (χ1n) is 8.37. The summed E-state index contributed by atoms with van der Waals surface area (Å²) >= 11 is 1.79. The van der Waals surface area contributed by atoms with Crippen LogP contribution in [0.15, 0.2) is 42.6 Å². The Hall–Kier alpha value is -2.01. The molecule has 3 rings (SSSR count). The van der Waals surface area contributed by atoms with Crippen LogP contribution in [0.4, 0.5) is 11.5 Å². The fourth-order valence-electron chi connectivity index (χ4n) is 2.98. The molecule has 0 aliphatic carbocycles. The Bertz CT molecular complexity index is 681. The summed E-state index contributed by atoms with van der Waals surface area (Å²) in [5.74, 6) is 1.69. The average molecular weight is 341 g/mol. The minimum absolute atomic E-state index is 0.0960. The van der Waals surface area contributed by atoms with E-state index in [-0.39, 0.29) is 5.91 Å². The fraction of sp³-hybridized carbons (Fsp3) is 0.368. The van der Waals surface area contributed by atoms with Crippen molar-refractivity contribution in [3.8, 4) is 0 Å². The second kappa shape index (κ2) is 8.20. The molecule has 126 valence electrons. The van der Waals surface area contributed by atoms with Crippen LogP contribution < -0.4 is 10.2 Å². The summed E-state index contributed by atoms with van der Waals surface area (Å²) in [6.07, 6.45) is 7.43. The van der Waals surface area contributed by atoms with Gasteiger partial charge in [0, 0.05) is 30.7 Å². The van der Waals surface area contributed by atoms with Gasteiger partial charge in [-0.1, -0.05) is 12.1 Å². The minimum Gasteiger partial charge on any atom is -0.356 e. The van der Waals surface area contributed by atoms with Crippen LogP contribution in [0.3, 0.4) is 0 Å². The van der Waals surface area contributed by atoms with Crippen molar-refractivity contribution >= 4 is 29.2 Å². The molecule has 0 bridgehead atoms. The second-order valence-electron chi connectivity index (χ2n) is 6.01. The van der Waals surface area contributed by atoms with E-state index in [0.29, 0.717) is 5.56 Å². The van der Waals surface area contributed by atoms with Crippen LogP contribution >= 0.6 is 11.8 Å². The van der Waals surface area contributed by atoms with Crippen molar-refractivity contribution in [2.24, 2.45) is 0 Å². The molecule has 1 N–H and O–H groups in total. The predicted molar refractivity (Wildman–Crippen MR) is 102 cm³/mol. The number of rotatable bonds is 5. The van der Waals surface area contributed by atoms with Crippen LogP contribution in [-0.2, 0) is 5.75 Å². The number of hydrogen-bond donors (Lipinski definition) is 1. The van der Waals surface area contributed by atoms with Crippen molar-refractivity contribution in [1.82, 2.24) is 4.98 Å². The van der Waals surface area contributed by atoms with Crippen LogP contribution in [-0.4, -0.2) is 30.2 Å². The predicted octanol–water partition coefficient (Wildman–Crippen LogP) is 4.19. The van der Waals surface area contributed by atoms with Gasteiger partial charge in [-0.15, -0.1) is 0 Å². The molecule has 0 atom stereocenters. The van der Waals surface area contributed by atoms with Gasteiger partial charge in [0.05, 0.1) is 5.56 Å². The normalized spacial score (nSPS) is 14.5. The maximum Gasteiger partial charge on any atom is 0.259 e. The van der Waals surface area contributed by atoms with Crippen molar-refractivity contribution in [3.63, 3.8) is 0 Å². The SMILES string of the molecule is CSCc1ccc(NC(=O)c2cccnc2N2CCCCC2)cc1. The first-order valence-corrected chi connectivity index (χ1v) is 9.76. The number of amides is 1. The molecule has 0 spiro atoms.